The van der Waals surface area contributed by atoms with Gasteiger partial charge in [0.1, 0.15) is 6.54 Å². The summed E-state index contributed by atoms with van der Waals surface area (Å²) in [5.41, 5.74) is 1.10. The summed E-state index contributed by atoms with van der Waals surface area (Å²) in [4.78, 5) is 12.4. The molecule has 3 rings (SSSR count). The number of sulfonamides is 1. The summed E-state index contributed by atoms with van der Waals surface area (Å²) in [6, 6.07) is 9.97. The maximum atomic E-state index is 12.4. The van der Waals surface area contributed by atoms with E-state index in [0.717, 1.165) is 16.1 Å². The lowest BCUT2D eigenvalue weighted by molar-refractivity contribution is -0.119. The fourth-order valence-electron chi connectivity index (χ4n) is 2.82. The van der Waals surface area contributed by atoms with E-state index in [0.29, 0.717) is 28.7 Å². The number of hydrogen-bond donors (Lipinski definition) is 1. The minimum atomic E-state index is -3.69. The van der Waals surface area contributed by atoms with Gasteiger partial charge in [-0.2, -0.15) is 0 Å². The molecule has 0 saturated carbocycles. The Labute approximate surface area is 169 Å². The second-order valence-electron chi connectivity index (χ2n) is 6.27. The van der Waals surface area contributed by atoms with Gasteiger partial charge >= 0.3 is 0 Å². The molecule has 29 heavy (non-hydrogen) atoms. The number of benzene rings is 2. The van der Waals surface area contributed by atoms with E-state index in [1.54, 1.807) is 30.3 Å². The van der Waals surface area contributed by atoms with Gasteiger partial charge in [-0.3, -0.25) is 9.10 Å². The molecular weight excluding hydrogens is 400 g/mol. The molecule has 9 nitrogen and oxygen atoms in total. The molecule has 2 aromatic rings. The maximum absolute atomic E-state index is 12.4. The van der Waals surface area contributed by atoms with Gasteiger partial charge in [0.05, 0.1) is 26.2 Å². The number of rotatable bonds is 8. The van der Waals surface area contributed by atoms with Crippen LogP contribution in [0.4, 0.5) is 5.69 Å². The maximum Gasteiger partial charge on any atom is 0.241 e. The fraction of sp³-hybridized carbons (Fsp3) is 0.316. The predicted octanol–water partition coefficient (Wildman–Crippen LogP) is 1.51. The summed E-state index contributed by atoms with van der Waals surface area (Å²) in [7, 11) is -0.633. The first-order chi connectivity index (χ1) is 13.8. The average Bonchev–Trinajstić information content (AvgIpc) is 3.17. The van der Waals surface area contributed by atoms with Gasteiger partial charge in [-0.15, -0.1) is 0 Å². The van der Waals surface area contributed by atoms with Crippen LogP contribution in [0.15, 0.2) is 36.4 Å². The quantitative estimate of drug-likeness (QED) is 0.688. The van der Waals surface area contributed by atoms with Crippen LogP contribution in [0, 0.1) is 0 Å². The minimum Gasteiger partial charge on any atom is -0.493 e. The molecule has 2 aromatic carbocycles. The van der Waals surface area contributed by atoms with Crippen molar-refractivity contribution < 1.29 is 32.2 Å². The highest BCUT2D eigenvalue weighted by Crippen LogP contribution is 2.36. The van der Waals surface area contributed by atoms with Crippen LogP contribution in [-0.4, -0.2) is 48.1 Å². The van der Waals surface area contributed by atoms with Crippen molar-refractivity contribution in [2.24, 2.45) is 0 Å². The monoisotopic (exact) mass is 422 g/mol. The molecule has 10 heteroatoms. The molecule has 0 saturated heterocycles. The van der Waals surface area contributed by atoms with Gasteiger partial charge in [0, 0.05) is 12.6 Å². The van der Waals surface area contributed by atoms with Crippen molar-refractivity contribution in [1.29, 1.82) is 0 Å². The van der Waals surface area contributed by atoms with E-state index in [-0.39, 0.29) is 19.9 Å². The number of nitrogens with one attached hydrogen (secondary N) is 1. The van der Waals surface area contributed by atoms with E-state index >= 15 is 0 Å². The van der Waals surface area contributed by atoms with Crippen molar-refractivity contribution in [1.82, 2.24) is 5.32 Å². The van der Waals surface area contributed by atoms with Gasteiger partial charge in [0.15, 0.2) is 23.0 Å². The van der Waals surface area contributed by atoms with Gasteiger partial charge < -0.3 is 24.3 Å². The van der Waals surface area contributed by atoms with Crippen molar-refractivity contribution in [3.8, 4) is 23.0 Å². The third-order valence-electron chi connectivity index (χ3n) is 4.27. The van der Waals surface area contributed by atoms with Crippen molar-refractivity contribution in [3.05, 3.63) is 42.0 Å². The third-order valence-corrected chi connectivity index (χ3v) is 5.41. The predicted molar refractivity (Wildman–Crippen MR) is 106 cm³/mol. The van der Waals surface area contributed by atoms with Crippen LogP contribution in [0.2, 0.25) is 0 Å². The Balaban J connectivity index is 1.70. The minimum absolute atomic E-state index is 0.0729. The summed E-state index contributed by atoms with van der Waals surface area (Å²) in [6.07, 6.45) is 1.04. The lowest BCUT2D eigenvalue weighted by atomic mass is 10.2. The molecule has 1 aliphatic heterocycles. The Morgan fingerprint density at radius 1 is 1.07 bits per heavy atom. The highest BCUT2D eigenvalue weighted by Gasteiger charge is 2.23. The second-order valence-corrected chi connectivity index (χ2v) is 8.18. The summed E-state index contributed by atoms with van der Waals surface area (Å²) in [5, 5.41) is 2.72. The Bertz CT molecular complexity index is 1010. The number of carbonyl (C=O) groups excluding carboxylic acids is 1. The van der Waals surface area contributed by atoms with Crippen molar-refractivity contribution in [2.75, 3.05) is 38.1 Å². The van der Waals surface area contributed by atoms with Gasteiger partial charge in [0.2, 0.25) is 22.7 Å². The third kappa shape index (κ3) is 4.83. The highest BCUT2D eigenvalue weighted by atomic mass is 32.2. The first-order valence-electron chi connectivity index (χ1n) is 8.67. The lowest BCUT2D eigenvalue weighted by Gasteiger charge is -2.22. The topological polar surface area (TPSA) is 103 Å². The molecule has 1 heterocycles. The number of anilines is 1. The number of hydrogen-bond acceptors (Lipinski definition) is 7. The zero-order valence-corrected chi connectivity index (χ0v) is 17.1. The van der Waals surface area contributed by atoms with Gasteiger partial charge in [-0.25, -0.2) is 8.42 Å². The molecule has 0 atom stereocenters. The number of ether oxygens (including phenoxy) is 4. The Morgan fingerprint density at radius 2 is 1.79 bits per heavy atom. The van der Waals surface area contributed by atoms with Crippen molar-refractivity contribution >= 4 is 21.6 Å². The van der Waals surface area contributed by atoms with E-state index < -0.39 is 15.9 Å². The first kappa shape index (κ1) is 20.6. The molecule has 0 unspecified atom stereocenters. The van der Waals surface area contributed by atoms with Crippen LogP contribution in [0.1, 0.15) is 5.56 Å². The average molecular weight is 422 g/mol. The van der Waals surface area contributed by atoms with Crippen molar-refractivity contribution in [2.45, 2.75) is 6.54 Å². The van der Waals surface area contributed by atoms with Crippen LogP contribution in [0.25, 0.3) is 0 Å². The summed E-state index contributed by atoms with van der Waals surface area (Å²) in [5.74, 6) is 1.62. The van der Waals surface area contributed by atoms with Crippen LogP contribution >= 0.6 is 0 Å². The van der Waals surface area contributed by atoms with E-state index in [1.165, 1.54) is 20.3 Å². The molecule has 0 aliphatic carbocycles. The fourth-order valence-corrected chi connectivity index (χ4v) is 3.67. The summed E-state index contributed by atoms with van der Waals surface area (Å²) >= 11 is 0. The van der Waals surface area contributed by atoms with Crippen LogP contribution in [0.3, 0.4) is 0 Å². The number of nitrogens with zero attached hydrogens (tertiary/aromatic N) is 1. The molecule has 1 N–H and O–H groups in total. The molecule has 0 bridgehead atoms. The lowest BCUT2D eigenvalue weighted by Crippen LogP contribution is -2.40. The second kappa shape index (κ2) is 8.48. The van der Waals surface area contributed by atoms with Gasteiger partial charge in [-0.05, 0) is 29.8 Å². The van der Waals surface area contributed by atoms with E-state index in [1.807, 2.05) is 0 Å². The number of fused-ring (bicyclic) bond motifs is 1. The molecule has 1 aliphatic rings. The smallest absolute Gasteiger partial charge is 0.241 e. The zero-order valence-electron chi connectivity index (χ0n) is 16.3. The number of carbonyl (C=O) groups is 1. The molecule has 0 aromatic heterocycles. The van der Waals surface area contributed by atoms with E-state index in [9.17, 15) is 13.2 Å². The Kier molecular flexibility index (Phi) is 6.02. The van der Waals surface area contributed by atoms with E-state index in [2.05, 4.69) is 5.32 Å². The Hall–Kier alpha value is -3.14. The number of methoxy groups -OCH3 is 2. The molecule has 0 spiro atoms. The summed E-state index contributed by atoms with van der Waals surface area (Å²) < 4.78 is 46.4. The van der Waals surface area contributed by atoms with Crippen LogP contribution < -0.4 is 28.6 Å². The Morgan fingerprint density at radius 3 is 2.48 bits per heavy atom. The van der Waals surface area contributed by atoms with Crippen molar-refractivity contribution in [3.63, 3.8) is 0 Å². The van der Waals surface area contributed by atoms with Gasteiger partial charge in [0.25, 0.3) is 0 Å². The normalized spacial score (nSPS) is 12.4. The molecule has 156 valence electrons. The molecule has 0 radical (unpaired) electrons. The SMILES string of the molecule is COc1ccc(CNC(=O)CN(c2ccc3c(c2)OCO3)S(C)(=O)=O)cc1OC. The highest BCUT2D eigenvalue weighted by molar-refractivity contribution is 7.92. The molecule has 1 amide bonds. The zero-order chi connectivity index (χ0) is 21.0. The van der Waals surface area contributed by atoms with E-state index in [4.69, 9.17) is 18.9 Å². The molecule has 0 fully saturated rings. The number of amides is 1. The van der Waals surface area contributed by atoms with Gasteiger partial charge in [-0.1, -0.05) is 6.07 Å². The van der Waals surface area contributed by atoms with Crippen LogP contribution in [-0.2, 0) is 21.4 Å². The van der Waals surface area contributed by atoms with Crippen LogP contribution in [0.5, 0.6) is 23.0 Å². The summed E-state index contributed by atoms with van der Waals surface area (Å²) in [6.45, 7) is -0.0901. The molecular formula is C19H22N2O7S. The largest absolute Gasteiger partial charge is 0.493 e. The standard InChI is InChI=1S/C19H22N2O7S/c1-25-15-6-4-13(8-17(15)26-2)10-20-19(22)11-21(29(3,23)24)14-5-7-16-18(9-14)28-12-27-16/h4-9H,10-12H2,1-3H3,(H,20,22). The first-order valence-corrected chi connectivity index (χ1v) is 10.5.